The van der Waals surface area contributed by atoms with Gasteiger partial charge < -0.3 is 0 Å². The molecule has 0 radical (unpaired) electrons. The van der Waals surface area contributed by atoms with E-state index in [1.54, 1.807) is 30.7 Å². The molecule has 0 bridgehead atoms. The van der Waals surface area contributed by atoms with E-state index >= 15 is 0 Å². The summed E-state index contributed by atoms with van der Waals surface area (Å²) in [6.45, 7) is 0. The van der Waals surface area contributed by atoms with Crippen molar-refractivity contribution in [2.75, 3.05) is 0 Å². The van der Waals surface area contributed by atoms with Crippen molar-refractivity contribution in [3.8, 4) is 0 Å². The van der Waals surface area contributed by atoms with E-state index in [0.29, 0.717) is 5.56 Å². The first kappa shape index (κ1) is 12.4. The quantitative estimate of drug-likeness (QED) is 0.587. The van der Waals surface area contributed by atoms with Gasteiger partial charge >= 0.3 is 0 Å². The minimum Gasteiger partial charge on any atom is -0.267 e. The lowest BCUT2D eigenvalue weighted by Crippen LogP contribution is -2.17. The lowest BCUT2D eigenvalue weighted by molar-refractivity contribution is 0.0955. The molecule has 6 nitrogen and oxygen atoms in total. The van der Waals surface area contributed by atoms with Crippen LogP contribution in [0.25, 0.3) is 11.0 Å². The third-order valence-corrected chi connectivity index (χ3v) is 3.16. The van der Waals surface area contributed by atoms with Gasteiger partial charge in [-0.2, -0.15) is 13.8 Å². The van der Waals surface area contributed by atoms with Gasteiger partial charge in [-0.15, -0.1) is 0 Å². The number of benzene rings is 1. The predicted octanol–water partition coefficient (Wildman–Crippen LogP) is 1.85. The normalized spacial score (nSPS) is 11.0. The van der Waals surface area contributed by atoms with Crippen molar-refractivity contribution >= 4 is 34.9 Å². The molecule has 0 unspecified atom stereocenters. The third-order valence-electron chi connectivity index (χ3n) is 2.60. The first-order chi connectivity index (χ1) is 9.83. The van der Waals surface area contributed by atoms with Gasteiger partial charge in [0.25, 0.3) is 5.91 Å². The molecule has 0 saturated heterocycles. The van der Waals surface area contributed by atoms with Gasteiger partial charge in [-0.05, 0) is 29.8 Å². The highest BCUT2D eigenvalue weighted by Gasteiger charge is 2.02. The van der Waals surface area contributed by atoms with Crippen LogP contribution >= 0.6 is 11.7 Å². The first-order valence-corrected chi connectivity index (χ1v) is 6.52. The van der Waals surface area contributed by atoms with E-state index in [-0.39, 0.29) is 5.91 Å². The minimum atomic E-state index is -0.278. The Kier molecular flexibility index (Phi) is 3.42. The van der Waals surface area contributed by atoms with Crippen LogP contribution in [-0.4, -0.2) is 25.9 Å². The van der Waals surface area contributed by atoms with Gasteiger partial charge in [0.1, 0.15) is 11.0 Å². The minimum absolute atomic E-state index is 0.278. The number of pyridine rings is 1. The number of amides is 1. The second-order valence-electron chi connectivity index (χ2n) is 3.95. The lowest BCUT2D eigenvalue weighted by Gasteiger charge is -1.98. The number of carbonyl (C=O) groups is 1. The number of hydrogen-bond acceptors (Lipinski definition) is 6. The lowest BCUT2D eigenvalue weighted by atomic mass is 10.2. The zero-order valence-electron chi connectivity index (χ0n) is 10.2. The SMILES string of the molecule is O=C(N/N=C\c1ccc2nsnc2c1)c1ccncc1. The van der Waals surface area contributed by atoms with Crippen molar-refractivity contribution in [1.29, 1.82) is 0 Å². The van der Waals surface area contributed by atoms with Crippen LogP contribution in [0.5, 0.6) is 0 Å². The molecule has 7 heteroatoms. The molecule has 0 saturated carbocycles. The molecule has 3 aromatic rings. The molecule has 2 aromatic heterocycles. The molecular formula is C13H9N5OS. The fraction of sp³-hybridized carbons (Fsp3) is 0. The molecule has 1 N–H and O–H groups in total. The maximum atomic E-state index is 11.7. The molecule has 0 aliphatic rings. The number of fused-ring (bicyclic) bond motifs is 1. The first-order valence-electron chi connectivity index (χ1n) is 5.79. The smallest absolute Gasteiger partial charge is 0.267 e. The van der Waals surface area contributed by atoms with Gasteiger partial charge in [0.05, 0.1) is 17.9 Å². The van der Waals surface area contributed by atoms with Gasteiger partial charge in [-0.25, -0.2) is 5.43 Å². The van der Waals surface area contributed by atoms with E-state index in [9.17, 15) is 4.79 Å². The zero-order valence-corrected chi connectivity index (χ0v) is 11.0. The number of rotatable bonds is 3. The average Bonchev–Trinajstić information content (AvgIpc) is 2.95. The van der Waals surface area contributed by atoms with Crippen molar-refractivity contribution in [3.63, 3.8) is 0 Å². The van der Waals surface area contributed by atoms with Crippen molar-refractivity contribution in [2.24, 2.45) is 5.10 Å². The summed E-state index contributed by atoms with van der Waals surface area (Å²) in [4.78, 5) is 15.6. The summed E-state index contributed by atoms with van der Waals surface area (Å²) in [6.07, 6.45) is 4.68. The highest BCUT2D eigenvalue weighted by Crippen LogP contribution is 2.12. The molecule has 2 heterocycles. The van der Waals surface area contributed by atoms with Gasteiger partial charge in [0, 0.05) is 18.0 Å². The van der Waals surface area contributed by atoms with Crippen LogP contribution < -0.4 is 5.43 Å². The Morgan fingerprint density at radius 3 is 2.80 bits per heavy atom. The van der Waals surface area contributed by atoms with Crippen molar-refractivity contribution < 1.29 is 4.79 Å². The second-order valence-corrected chi connectivity index (χ2v) is 4.48. The molecule has 0 aliphatic carbocycles. The van der Waals surface area contributed by atoms with Crippen molar-refractivity contribution in [3.05, 3.63) is 53.9 Å². The molecule has 0 atom stereocenters. The molecule has 1 amide bonds. The molecular weight excluding hydrogens is 274 g/mol. The number of carbonyl (C=O) groups excluding carboxylic acids is 1. The Labute approximate surface area is 118 Å². The molecule has 0 spiro atoms. The molecule has 0 aliphatic heterocycles. The Bertz CT molecular complexity index is 769. The summed E-state index contributed by atoms with van der Waals surface area (Å²) in [5.74, 6) is -0.278. The Morgan fingerprint density at radius 2 is 1.95 bits per heavy atom. The number of aromatic nitrogens is 3. The Hall–Kier alpha value is -2.67. The largest absolute Gasteiger partial charge is 0.271 e. The van der Waals surface area contributed by atoms with E-state index in [2.05, 4.69) is 24.3 Å². The molecule has 98 valence electrons. The Balaban J connectivity index is 1.69. The molecule has 3 rings (SSSR count). The fourth-order valence-corrected chi connectivity index (χ4v) is 2.13. The predicted molar refractivity (Wildman–Crippen MR) is 76.7 cm³/mol. The highest BCUT2D eigenvalue weighted by molar-refractivity contribution is 7.00. The van der Waals surface area contributed by atoms with E-state index in [1.165, 1.54) is 11.7 Å². The summed E-state index contributed by atoms with van der Waals surface area (Å²) < 4.78 is 8.26. The topological polar surface area (TPSA) is 80.1 Å². The fourth-order valence-electron chi connectivity index (χ4n) is 1.61. The van der Waals surface area contributed by atoms with E-state index < -0.39 is 0 Å². The van der Waals surface area contributed by atoms with Crippen LogP contribution in [0.2, 0.25) is 0 Å². The van der Waals surface area contributed by atoms with Gasteiger partial charge in [-0.3, -0.25) is 9.78 Å². The van der Waals surface area contributed by atoms with Gasteiger partial charge in [0.15, 0.2) is 0 Å². The van der Waals surface area contributed by atoms with Crippen LogP contribution in [0.4, 0.5) is 0 Å². The van der Waals surface area contributed by atoms with Crippen molar-refractivity contribution in [2.45, 2.75) is 0 Å². The number of nitrogens with one attached hydrogen (secondary N) is 1. The zero-order chi connectivity index (χ0) is 13.8. The standard InChI is InChI=1S/C13H9N5OS/c19-13(10-3-5-14-6-4-10)16-15-8-9-1-2-11-12(7-9)18-20-17-11/h1-8H,(H,16,19)/b15-8-. The Morgan fingerprint density at radius 1 is 1.15 bits per heavy atom. The summed E-state index contributed by atoms with van der Waals surface area (Å²) in [5.41, 5.74) is 5.49. The van der Waals surface area contributed by atoms with Crippen LogP contribution in [0.1, 0.15) is 15.9 Å². The summed E-state index contributed by atoms with van der Waals surface area (Å²) in [6, 6.07) is 8.84. The number of hydrogen-bond donors (Lipinski definition) is 1. The van der Waals surface area contributed by atoms with Crippen LogP contribution in [0.15, 0.2) is 47.8 Å². The summed E-state index contributed by atoms with van der Waals surface area (Å²) in [7, 11) is 0. The summed E-state index contributed by atoms with van der Waals surface area (Å²) in [5, 5.41) is 3.92. The third kappa shape index (κ3) is 2.67. The molecule has 0 fully saturated rings. The van der Waals surface area contributed by atoms with E-state index in [4.69, 9.17) is 0 Å². The maximum Gasteiger partial charge on any atom is 0.271 e. The van der Waals surface area contributed by atoms with Gasteiger partial charge in [-0.1, -0.05) is 6.07 Å². The van der Waals surface area contributed by atoms with Crippen LogP contribution in [0.3, 0.4) is 0 Å². The van der Waals surface area contributed by atoms with Crippen LogP contribution in [-0.2, 0) is 0 Å². The second kappa shape index (κ2) is 5.54. The monoisotopic (exact) mass is 283 g/mol. The van der Waals surface area contributed by atoms with Crippen LogP contribution in [0, 0.1) is 0 Å². The van der Waals surface area contributed by atoms with Gasteiger partial charge in [0.2, 0.25) is 0 Å². The average molecular weight is 283 g/mol. The van der Waals surface area contributed by atoms with E-state index in [1.807, 2.05) is 18.2 Å². The van der Waals surface area contributed by atoms with Crippen molar-refractivity contribution in [1.82, 2.24) is 19.2 Å². The number of hydrazone groups is 1. The number of nitrogens with zero attached hydrogens (tertiary/aromatic N) is 4. The summed E-state index contributed by atoms with van der Waals surface area (Å²) >= 11 is 1.17. The molecule has 20 heavy (non-hydrogen) atoms. The van der Waals surface area contributed by atoms with E-state index in [0.717, 1.165) is 16.6 Å². The maximum absolute atomic E-state index is 11.7. The molecule has 1 aromatic carbocycles. The highest BCUT2D eigenvalue weighted by atomic mass is 32.1.